The molecule has 0 unspecified atom stereocenters. The summed E-state index contributed by atoms with van der Waals surface area (Å²) in [5.41, 5.74) is 0.469. The van der Waals surface area contributed by atoms with E-state index in [0.29, 0.717) is 25.1 Å². The predicted octanol–water partition coefficient (Wildman–Crippen LogP) is 5.10. The molecule has 0 spiro atoms. The molecule has 1 atom stereocenters. The van der Waals surface area contributed by atoms with Gasteiger partial charge in [-0.25, -0.2) is 0 Å². The van der Waals surface area contributed by atoms with Crippen LogP contribution in [0, 0.1) is 5.92 Å². The Morgan fingerprint density at radius 2 is 1.81 bits per heavy atom. The lowest BCUT2D eigenvalue weighted by atomic mass is 9.89. The van der Waals surface area contributed by atoms with Gasteiger partial charge in [-0.3, -0.25) is 9.59 Å². The monoisotopic (exact) mass is 428 g/mol. The number of piperidine rings is 1. The molecule has 8 heteroatoms. The maximum Gasteiger partial charge on any atom is 0.416 e. The zero-order valence-corrected chi connectivity index (χ0v) is 16.4. The SMILES string of the molecule is O=C(c1cccc(C(F)(F)F)c1)[C@H]1CCCN(C(=O)c2cc(-c3ccccc3)no2)C1. The first-order valence-electron chi connectivity index (χ1n) is 9.86. The van der Waals surface area contributed by atoms with Crippen molar-refractivity contribution in [1.82, 2.24) is 10.1 Å². The number of aromatic nitrogens is 1. The fraction of sp³-hybridized carbons (Fsp3) is 0.261. The molecule has 1 aliphatic rings. The largest absolute Gasteiger partial charge is 0.416 e. The molecule has 0 aliphatic carbocycles. The topological polar surface area (TPSA) is 63.4 Å². The van der Waals surface area contributed by atoms with Crippen LogP contribution in [0.3, 0.4) is 0 Å². The number of carbonyl (C=O) groups excluding carboxylic acids is 2. The average Bonchev–Trinajstić information content (AvgIpc) is 3.29. The summed E-state index contributed by atoms with van der Waals surface area (Å²) in [6, 6.07) is 15.2. The number of ketones is 1. The van der Waals surface area contributed by atoms with Crippen LogP contribution in [0.1, 0.15) is 39.3 Å². The van der Waals surface area contributed by atoms with Gasteiger partial charge in [-0.1, -0.05) is 47.6 Å². The van der Waals surface area contributed by atoms with Crippen LogP contribution in [0.15, 0.2) is 65.2 Å². The summed E-state index contributed by atoms with van der Waals surface area (Å²) in [7, 11) is 0. The Kier molecular flexibility index (Phi) is 5.63. The lowest BCUT2D eigenvalue weighted by Crippen LogP contribution is -2.42. The minimum Gasteiger partial charge on any atom is -0.350 e. The van der Waals surface area contributed by atoms with E-state index in [0.717, 1.165) is 17.7 Å². The minimum atomic E-state index is -4.52. The molecule has 5 nitrogen and oxygen atoms in total. The highest BCUT2D eigenvalue weighted by Gasteiger charge is 2.34. The van der Waals surface area contributed by atoms with Gasteiger partial charge < -0.3 is 9.42 Å². The summed E-state index contributed by atoms with van der Waals surface area (Å²) in [5.74, 6) is -1.30. The standard InChI is InChI=1S/C23H19F3N2O3/c24-23(25,26)18-10-4-8-16(12-18)21(29)17-9-5-11-28(14-17)22(30)20-13-19(27-31-20)15-6-2-1-3-7-15/h1-4,6-8,10,12-13,17H,5,9,11,14H2/t17-/m0/s1. The van der Waals surface area contributed by atoms with E-state index in [1.54, 1.807) is 6.07 Å². The number of amides is 1. The van der Waals surface area contributed by atoms with E-state index < -0.39 is 29.3 Å². The number of rotatable bonds is 4. The lowest BCUT2D eigenvalue weighted by molar-refractivity contribution is -0.137. The highest BCUT2D eigenvalue weighted by atomic mass is 19.4. The molecule has 0 bridgehead atoms. The van der Waals surface area contributed by atoms with Crippen molar-refractivity contribution in [2.45, 2.75) is 19.0 Å². The van der Waals surface area contributed by atoms with Crippen LogP contribution in [0.25, 0.3) is 11.3 Å². The van der Waals surface area contributed by atoms with Crippen LogP contribution in [0.4, 0.5) is 13.2 Å². The summed E-state index contributed by atoms with van der Waals surface area (Å²) in [6.07, 6.45) is -3.45. The molecule has 1 fully saturated rings. The van der Waals surface area contributed by atoms with Gasteiger partial charge in [0.2, 0.25) is 5.76 Å². The third-order valence-corrected chi connectivity index (χ3v) is 5.34. The molecule has 1 amide bonds. The molecular formula is C23H19F3N2O3. The number of hydrogen-bond donors (Lipinski definition) is 0. The first kappa shape index (κ1) is 20.8. The molecule has 0 radical (unpaired) electrons. The van der Waals surface area contributed by atoms with E-state index in [9.17, 15) is 22.8 Å². The number of nitrogens with zero attached hydrogens (tertiary/aromatic N) is 2. The highest BCUT2D eigenvalue weighted by Crippen LogP contribution is 2.31. The fourth-order valence-corrected chi connectivity index (χ4v) is 3.74. The van der Waals surface area contributed by atoms with Crippen molar-refractivity contribution in [2.24, 2.45) is 5.92 Å². The van der Waals surface area contributed by atoms with E-state index >= 15 is 0 Å². The zero-order chi connectivity index (χ0) is 22.0. The lowest BCUT2D eigenvalue weighted by Gasteiger charge is -2.31. The fourth-order valence-electron chi connectivity index (χ4n) is 3.74. The van der Waals surface area contributed by atoms with Gasteiger partial charge in [0.1, 0.15) is 5.69 Å². The summed E-state index contributed by atoms with van der Waals surface area (Å²) in [4.78, 5) is 27.2. The number of Topliss-reactive ketones (excluding diaryl/α,β-unsaturated/α-hetero) is 1. The molecule has 2 heterocycles. The maximum absolute atomic E-state index is 13.0. The number of hydrogen-bond acceptors (Lipinski definition) is 4. The van der Waals surface area contributed by atoms with Crippen LogP contribution < -0.4 is 0 Å². The average molecular weight is 428 g/mol. The van der Waals surface area contributed by atoms with Gasteiger partial charge in [-0.15, -0.1) is 0 Å². The van der Waals surface area contributed by atoms with Gasteiger partial charge in [0, 0.05) is 36.2 Å². The molecule has 3 aromatic rings. The molecule has 1 aliphatic heterocycles. The van der Waals surface area contributed by atoms with Crippen LogP contribution in [-0.4, -0.2) is 34.8 Å². The van der Waals surface area contributed by atoms with Gasteiger partial charge in [-0.2, -0.15) is 13.2 Å². The Balaban J connectivity index is 1.48. The number of halogens is 3. The summed E-state index contributed by atoms with van der Waals surface area (Å²) >= 11 is 0. The molecule has 160 valence electrons. The predicted molar refractivity (Wildman–Crippen MR) is 106 cm³/mol. The van der Waals surface area contributed by atoms with Gasteiger partial charge in [-0.05, 0) is 25.0 Å². The Hall–Kier alpha value is -3.42. The van der Waals surface area contributed by atoms with Crippen molar-refractivity contribution < 1.29 is 27.3 Å². The Morgan fingerprint density at radius 3 is 2.55 bits per heavy atom. The molecule has 31 heavy (non-hydrogen) atoms. The van der Waals surface area contributed by atoms with Gasteiger partial charge in [0.25, 0.3) is 5.91 Å². The molecule has 0 saturated carbocycles. The highest BCUT2D eigenvalue weighted by molar-refractivity contribution is 5.99. The van der Waals surface area contributed by atoms with Crippen molar-refractivity contribution in [1.29, 1.82) is 0 Å². The third-order valence-electron chi connectivity index (χ3n) is 5.34. The van der Waals surface area contributed by atoms with Crippen molar-refractivity contribution in [3.8, 4) is 11.3 Å². The third kappa shape index (κ3) is 4.52. The Labute approximate surface area is 176 Å². The van der Waals surface area contributed by atoms with Crippen molar-refractivity contribution >= 4 is 11.7 Å². The summed E-state index contributed by atoms with van der Waals surface area (Å²) in [5, 5.41) is 3.94. The van der Waals surface area contributed by atoms with Crippen LogP contribution in [0.2, 0.25) is 0 Å². The second-order valence-electron chi connectivity index (χ2n) is 7.48. The maximum atomic E-state index is 13.0. The van der Waals surface area contributed by atoms with Crippen molar-refractivity contribution in [3.05, 3.63) is 77.6 Å². The summed E-state index contributed by atoms with van der Waals surface area (Å²) in [6.45, 7) is 0.557. The van der Waals surface area contributed by atoms with Gasteiger partial charge in [0.15, 0.2) is 5.78 Å². The molecule has 2 aromatic carbocycles. The zero-order valence-electron chi connectivity index (χ0n) is 16.4. The number of likely N-dealkylation sites (tertiary alicyclic amines) is 1. The minimum absolute atomic E-state index is 0.000142. The second-order valence-corrected chi connectivity index (χ2v) is 7.48. The second kappa shape index (κ2) is 8.37. The number of carbonyl (C=O) groups is 2. The Morgan fingerprint density at radius 1 is 1.03 bits per heavy atom. The summed E-state index contributed by atoms with van der Waals surface area (Å²) < 4.78 is 44.1. The van der Waals surface area contributed by atoms with Crippen LogP contribution in [0.5, 0.6) is 0 Å². The molecule has 0 N–H and O–H groups in total. The first-order valence-corrected chi connectivity index (χ1v) is 9.86. The van der Waals surface area contributed by atoms with E-state index in [4.69, 9.17) is 4.52 Å². The van der Waals surface area contributed by atoms with E-state index in [1.165, 1.54) is 17.0 Å². The van der Waals surface area contributed by atoms with Crippen molar-refractivity contribution in [3.63, 3.8) is 0 Å². The Bertz CT molecular complexity index is 1090. The molecule has 1 saturated heterocycles. The number of benzene rings is 2. The normalized spacial score (nSPS) is 16.9. The van der Waals surface area contributed by atoms with E-state index in [2.05, 4.69) is 5.16 Å². The number of alkyl halides is 3. The van der Waals surface area contributed by atoms with E-state index in [-0.39, 0.29) is 17.9 Å². The first-order chi connectivity index (χ1) is 14.8. The molecular weight excluding hydrogens is 409 g/mol. The van der Waals surface area contributed by atoms with Crippen molar-refractivity contribution in [2.75, 3.05) is 13.1 Å². The molecule has 4 rings (SSSR count). The quantitative estimate of drug-likeness (QED) is 0.543. The van der Waals surface area contributed by atoms with Gasteiger partial charge in [0.05, 0.1) is 5.56 Å². The van der Waals surface area contributed by atoms with E-state index in [1.807, 2.05) is 30.3 Å². The van der Waals surface area contributed by atoms with Gasteiger partial charge >= 0.3 is 6.18 Å². The van der Waals surface area contributed by atoms with Crippen LogP contribution >= 0.6 is 0 Å². The van der Waals surface area contributed by atoms with Crippen LogP contribution in [-0.2, 0) is 6.18 Å². The smallest absolute Gasteiger partial charge is 0.350 e. The molecule has 1 aromatic heterocycles.